The van der Waals surface area contributed by atoms with Gasteiger partial charge >= 0.3 is 0 Å². The first-order chi connectivity index (χ1) is 12.0. The predicted octanol–water partition coefficient (Wildman–Crippen LogP) is 4.63. The fraction of sp³-hybridized carbons (Fsp3) is 0.100. The molecule has 5 heteroatoms. The second kappa shape index (κ2) is 7.36. The highest BCUT2D eigenvalue weighted by Crippen LogP contribution is 2.27. The number of carbonyl (C=O) groups is 1. The van der Waals surface area contributed by atoms with Crippen molar-refractivity contribution in [2.24, 2.45) is 5.73 Å². The molecule has 2 aromatic rings. The molecule has 1 aliphatic carbocycles. The molecule has 126 valence electrons. The van der Waals surface area contributed by atoms with Gasteiger partial charge in [0.1, 0.15) is 0 Å². The fourth-order valence-corrected chi connectivity index (χ4v) is 3.07. The van der Waals surface area contributed by atoms with Crippen LogP contribution >= 0.6 is 23.2 Å². The van der Waals surface area contributed by atoms with Crippen LogP contribution in [0.25, 0.3) is 0 Å². The lowest BCUT2D eigenvalue weighted by Gasteiger charge is -2.21. The van der Waals surface area contributed by atoms with E-state index in [9.17, 15) is 4.79 Å². The van der Waals surface area contributed by atoms with Crippen LogP contribution in [0, 0.1) is 5.41 Å². The maximum absolute atomic E-state index is 12.9. The minimum atomic E-state index is -0.523. The summed E-state index contributed by atoms with van der Waals surface area (Å²) in [6.45, 7) is 0. The van der Waals surface area contributed by atoms with E-state index in [0.29, 0.717) is 33.2 Å². The third kappa shape index (κ3) is 3.74. The lowest BCUT2D eigenvalue weighted by Crippen LogP contribution is -2.33. The summed E-state index contributed by atoms with van der Waals surface area (Å²) in [5, 5.41) is 9.25. The molecule has 0 aliphatic heterocycles. The molecule has 0 amide bonds. The Hall–Kier alpha value is -2.20. The number of ketones is 1. The second-order valence-electron chi connectivity index (χ2n) is 5.81. The van der Waals surface area contributed by atoms with Crippen molar-refractivity contribution in [3.8, 4) is 0 Å². The van der Waals surface area contributed by atoms with E-state index in [1.807, 2.05) is 24.3 Å². The number of benzene rings is 2. The standard InChI is InChI=1S/C20H16Cl2N2O/c21-16-8-6-12(11-17(16)22)10-15-14(7-9-18(23)19(15)24)20(25)13-4-2-1-3-5-13/h1-9,11,18,24H,10,23H2. The Morgan fingerprint density at radius 2 is 1.80 bits per heavy atom. The summed E-state index contributed by atoms with van der Waals surface area (Å²) in [5.41, 5.74) is 8.77. The van der Waals surface area contributed by atoms with Crippen molar-refractivity contribution >= 4 is 34.7 Å². The Morgan fingerprint density at radius 3 is 2.48 bits per heavy atom. The number of Topliss-reactive ketones (excluding diaryl/α,β-unsaturated/α-hetero) is 1. The van der Waals surface area contributed by atoms with Crippen molar-refractivity contribution in [1.29, 1.82) is 5.41 Å². The van der Waals surface area contributed by atoms with Gasteiger partial charge in [-0.2, -0.15) is 0 Å². The summed E-state index contributed by atoms with van der Waals surface area (Å²) in [6.07, 6.45) is 3.78. The molecule has 1 atom stereocenters. The van der Waals surface area contributed by atoms with E-state index in [4.69, 9.17) is 34.3 Å². The van der Waals surface area contributed by atoms with Gasteiger partial charge in [0.15, 0.2) is 5.78 Å². The quantitative estimate of drug-likeness (QED) is 0.770. The second-order valence-corrected chi connectivity index (χ2v) is 6.63. The van der Waals surface area contributed by atoms with Gasteiger partial charge in [-0.05, 0) is 23.3 Å². The first kappa shape index (κ1) is 17.6. The number of allylic oxidation sites excluding steroid dienone is 2. The molecule has 0 spiro atoms. The van der Waals surface area contributed by atoms with E-state index in [-0.39, 0.29) is 11.5 Å². The molecule has 0 aromatic heterocycles. The zero-order chi connectivity index (χ0) is 18.0. The Kier molecular flexibility index (Phi) is 5.19. The zero-order valence-electron chi connectivity index (χ0n) is 13.3. The van der Waals surface area contributed by atoms with Gasteiger partial charge in [0.05, 0.1) is 21.8 Å². The van der Waals surface area contributed by atoms with E-state index >= 15 is 0 Å². The molecule has 2 aromatic carbocycles. The molecule has 0 saturated heterocycles. The van der Waals surface area contributed by atoms with E-state index in [0.717, 1.165) is 5.56 Å². The third-order valence-corrected chi connectivity index (χ3v) is 4.84. The van der Waals surface area contributed by atoms with Crippen molar-refractivity contribution < 1.29 is 4.79 Å². The first-order valence-corrected chi connectivity index (χ1v) is 8.52. The number of halogens is 2. The Balaban J connectivity index is 2.03. The topological polar surface area (TPSA) is 66.9 Å². The third-order valence-electron chi connectivity index (χ3n) is 4.10. The van der Waals surface area contributed by atoms with Crippen LogP contribution in [-0.2, 0) is 6.42 Å². The lowest BCUT2D eigenvalue weighted by atomic mass is 9.85. The molecular weight excluding hydrogens is 355 g/mol. The van der Waals surface area contributed by atoms with Crippen molar-refractivity contribution in [1.82, 2.24) is 0 Å². The number of hydrogen-bond acceptors (Lipinski definition) is 3. The highest BCUT2D eigenvalue weighted by molar-refractivity contribution is 6.42. The number of hydrogen-bond donors (Lipinski definition) is 2. The smallest absolute Gasteiger partial charge is 0.193 e. The van der Waals surface area contributed by atoms with E-state index in [1.54, 1.807) is 36.4 Å². The van der Waals surface area contributed by atoms with Crippen LogP contribution in [0.3, 0.4) is 0 Å². The van der Waals surface area contributed by atoms with Gasteiger partial charge < -0.3 is 11.1 Å². The van der Waals surface area contributed by atoms with E-state index in [1.165, 1.54) is 0 Å². The fourth-order valence-electron chi connectivity index (χ4n) is 2.74. The van der Waals surface area contributed by atoms with Crippen molar-refractivity contribution in [3.63, 3.8) is 0 Å². The monoisotopic (exact) mass is 370 g/mol. The first-order valence-electron chi connectivity index (χ1n) is 7.77. The molecule has 0 bridgehead atoms. The number of nitrogens with two attached hydrogens (primary N) is 1. The average Bonchev–Trinajstić information content (AvgIpc) is 2.62. The van der Waals surface area contributed by atoms with Crippen LogP contribution in [0.1, 0.15) is 15.9 Å². The normalized spacial score (nSPS) is 17.1. The lowest BCUT2D eigenvalue weighted by molar-refractivity contribution is 0.103. The van der Waals surface area contributed by atoms with E-state index < -0.39 is 6.04 Å². The largest absolute Gasteiger partial charge is 0.319 e. The molecule has 3 nitrogen and oxygen atoms in total. The summed E-state index contributed by atoms with van der Waals surface area (Å²) < 4.78 is 0. The average molecular weight is 371 g/mol. The minimum Gasteiger partial charge on any atom is -0.319 e. The molecule has 1 unspecified atom stereocenters. The summed E-state index contributed by atoms with van der Waals surface area (Å²) in [7, 11) is 0. The Labute approximate surface area is 156 Å². The van der Waals surface area contributed by atoms with Crippen LogP contribution in [-0.4, -0.2) is 17.5 Å². The summed E-state index contributed by atoms with van der Waals surface area (Å²) >= 11 is 12.0. The zero-order valence-corrected chi connectivity index (χ0v) is 14.8. The molecule has 0 fully saturated rings. The van der Waals surface area contributed by atoms with Crippen molar-refractivity contribution in [2.45, 2.75) is 12.5 Å². The Morgan fingerprint density at radius 1 is 1.08 bits per heavy atom. The van der Waals surface area contributed by atoms with Gasteiger partial charge in [-0.1, -0.05) is 71.8 Å². The molecule has 25 heavy (non-hydrogen) atoms. The molecule has 0 heterocycles. The maximum atomic E-state index is 12.9. The number of nitrogens with one attached hydrogen (secondary N) is 1. The molecule has 3 N–H and O–H groups in total. The minimum absolute atomic E-state index is 0.122. The van der Waals surface area contributed by atoms with Gasteiger partial charge in [-0.25, -0.2) is 0 Å². The van der Waals surface area contributed by atoms with Crippen LogP contribution in [0.5, 0.6) is 0 Å². The SMILES string of the molecule is N=C1C(Cc2ccc(Cl)c(Cl)c2)=C(C(=O)c2ccccc2)C=CC1N. The molecular formula is C20H16Cl2N2O. The van der Waals surface area contributed by atoms with Crippen molar-refractivity contribution in [3.05, 3.63) is 93.0 Å². The van der Waals surface area contributed by atoms with Gasteiger partial charge in [-0.3, -0.25) is 4.79 Å². The predicted molar refractivity (Wildman–Crippen MR) is 103 cm³/mol. The van der Waals surface area contributed by atoms with Crippen LogP contribution in [0.4, 0.5) is 0 Å². The van der Waals surface area contributed by atoms with Crippen LogP contribution in [0.2, 0.25) is 10.0 Å². The molecule has 0 saturated carbocycles. The van der Waals surface area contributed by atoms with Crippen molar-refractivity contribution in [2.75, 3.05) is 0 Å². The summed E-state index contributed by atoms with van der Waals surface area (Å²) in [4.78, 5) is 12.9. The van der Waals surface area contributed by atoms with Gasteiger partial charge in [0, 0.05) is 17.6 Å². The summed E-state index contributed by atoms with van der Waals surface area (Å²) in [5.74, 6) is -0.122. The molecule has 0 radical (unpaired) electrons. The van der Waals surface area contributed by atoms with Gasteiger partial charge in [0.2, 0.25) is 0 Å². The highest BCUT2D eigenvalue weighted by Gasteiger charge is 2.24. The highest BCUT2D eigenvalue weighted by atomic mass is 35.5. The van der Waals surface area contributed by atoms with Crippen LogP contribution in [0.15, 0.2) is 71.8 Å². The van der Waals surface area contributed by atoms with Crippen LogP contribution < -0.4 is 5.73 Å². The Bertz CT molecular complexity index is 901. The number of carbonyl (C=O) groups excluding carboxylic acids is 1. The molecule has 3 rings (SSSR count). The van der Waals surface area contributed by atoms with Gasteiger partial charge in [0.25, 0.3) is 0 Å². The maximum Gasteiger partial charge on any atom is 0.193 e. The summed E-state index contributed by atoms with van der Waals surface area (Å²) in [6, 6.07) is 13.8. The molecule has 1 aliphatic rings. The van der Waals surface area contributed by atoms with Gasteiger partial charge in [-0.15, -0.1) is 0 Å². The van der Waals surface area contributed by atoms with E-state index in [2.05, 4.69) is 0 Å². The number of rotatable bonds is 4.